The van der Waals surface area contributed by atoms with Gasteiger partial charge < -0.3 is 15.2 Å². The quantitative estimate of drug-likeness (QED) is 0.855. The van der Waals surface area contributed by atoms with Crippen molar-refractivity contribution in [2.24, 2.45) is 0 Å². The van der Waals surface area contributed by atoms with Crippen molar-refractivity contribution in [2.45, 2.75) is 12.5 Å². The molecule has 2 aromatic rings. The van der Waals surface area contributed by atoms with Crippen LogP contribution in [0.4, 0.5) is 0 Å². The largest absolute Gasteiger partial charge is 0.337 e. The van der Waals surface area contributed by atoms with Crippen LogP contribution in [-0.4, -0.2) is 42.0 Å². The highest BCUT2D eigenvalue weighted by atomic mass is 16.2. The van der Waals surface area contributed by atoms with E-state index in [-0.39, 0.29) is 11.5 Å². The monoisotopic (exact) mass is 271 g/mol. The van der Waals surface area contributed by atoms with Gasteiger partial charge in [0.25, 0.3) is 5.91 Å². The number of carbonyl (C=O) groups is 1. The average molecular weight is 271 g/mol. The lowest BCUT2D eigenvalue weighted by Gasteiger charge is -2.17. The molecular weight excluding hydrogens is 254 g/mol. The number of aromatic amines is 1. The number of fused-ring (bicyclic) bond motifs is 1. The summed E-state index contributed by atoms with van der Waals surface area (Å²) in [4.78, 5) is 28.9. The maximum atomic E-state index is 12.6. The minimum Gasteiger partial charge on any atom is -0.337 e. The number of nitrogens with one attached hydrogen (secondary N) is 2. The Balaban J connectivity index is 2.02. The van der Waals surface area contributed by atoms with Gasteiger partial charge in [-0.15, -0.1) is 0 Å². The van der Waals surface area contributed by atoms with Crippen molar-refractivity contribution in [3.63, 3.8) is 0 Å². The van der Waals surface area contributed by atoms with Crippen LogP contribution in [0.5, 0.6) is 0 Å². The minimum atomic E-state index is -0.239. The Morgan fingerprint density at radius 1 is 1.40 bits per heavy atom. The van der Waals surface area contributed by atoms with E-state index in [1.165, 1.54) is 6.07 Å². The van der Waals surface area contributed by atoms with Gasteiger partial charge in [-0.3, -0.25) is 9.59 Å². The van der Waals surface area contributed by atoms with Crippen molar-refractivity contribution in [3.8, 4) is 0 Å². The molecule has 1 fully saturated rings. The molecule has 0 saturated carbocycles. The number of rotatable bonds is 2. The van der Waals surface area contributed by atoms with Gasteiger partial charge in [-0.05, 0) is 19.5 Å². The number of aromatic nitrogens is 1. The topological polar surface area (TPSA) is 65.2 Å². The van der Waals surface area contributed by atoms with Crippen molar-refractivity contribution >= 4 is 16.8 Å². The Bertz CT molecular complexity index is 708. The number of hydrogen-bond donors (Lipinski definition) is 2. The number of nitrogens with zero attached hydrogens (tertiary/aromatic N) is 1. The summed E-state index contributed by atoms with van der Waals surface area (Å²) < 4.78 is 0. The number of likely N-dealkylation sites (tertiary alicyclic amines) is 1. The summed E-state index contributed by atoms with van der Waals surface area (Å²) in [6.45, 7) is 1.42. The van der Waals surface area contributed by atoms with Gasteiger partial charge in [-0.2, -0.15) is 0 Å². The molecule has 1 aromatic heterocycles. The lowest BCUT2D eigenvalue weighted by atomic mass is 10.1. The van der Waals surface area contributed by atoms with Gasteiger partial charge in [0, 0.05) is 36.1 Å². The molecule has 1 aromatic carbocycles. The lowest BCUT2D eigenvalue weighted by molar-refractivity contribution is 0.0791. The van der Waals surface area contributed by atoms with Crippen LogP contribution < -0.4 is 10.9 Å². The molecule has 5 nitrogen and oxygen atoms in total. The van der Waals surface area contributed by atoms with Crippen molar-refractivity contribution < 1.29 is 4.79 Å². The summed E-state index contributed by atoms with van der Waals surface area (Å²) >= 11 is 0. The van der Waals surface area contributed by atoms with E-state index in [1.54, 1.807) is 0 Å². The van der Waals surface area contributed by atoms with Crippen molar-refractivity contribution in [1.82, 2.24) is 15.2 Å². The van der Waals surface area contributed by atoms with E-state index in [0.29, 0.717) is 23.7 Å². The first-order chi connectivity index (χ1) is 9.69. The molecule has 1 aliphatic rings. The summed E-state index contributed by atoms with van der Waals surface area (Å²) in [5.41, 5.74) is 0.949. The zero-order valence-corrected chi connectivity index (χ0v) is 11.3. The van der Waals surface area contributed by atoms with Crippen LogP contribution in [0, 0.1) is 0 Å². The van der Waals surface area contributed by atoms with E-state index in [2.05, 4.69) is 10.3 Å². The summed E-state index contributed by atoms with van der Waals surface area (Å²) in [6, 6.07) is 9.14. The van der Waals surface area contributed by atoms with E-state index in [0.717, 1.165) is 18.4 Å². The Morgan fingerprint density at radius 3 is 2.95 bits per heavy atom. The van der Waals surface area contributed by atoms with Crippen molar-refractivity contribution in [3.05, 3.63) is 46.2 Å². The van der Waals surface area contributed by atoms with Crippen LogP contribution in [0.15, 0.2) is 35.1 Å². The van der Waals surface area contributed by atoms with E-state index in [4.69, 9.17) is 0 Å². The predicted octanol–water partition coefficient (Wildman–Crippen LogP) is 0.962. The third-order valence-electron chi connectivity index (χ3n) is 3.86. The smallest absolute Gasteiger partial charge is 0.254 e. The Kier molecular flexibility index (Phi) is 3.28. The van der Waals surface area contributed by atoms with Gasteiger partial charge in [0.05, 0.1) is 5.56 Å². The molecule has 5 heteroatoms. The Labute approximate surface area is 116 Å². The Morgan fingerprint density at radius 2 is 2.20 bits per heavy atom. The fourth-order valence-corrected chi connectivity index (χ4v) is 2.73. The minimum absolute atomic E-state index is 0.0648. The van der Waals surface area contributed by atoms with Crippen molar-refractivity contribution in [1.29, 1.82) is 0 Å². The molecule has 0 aliphatic carbocycles. The maximum Gasteiger partial charge on any atom is 0.254 e. The van der Waals surface area contributed by atoms with E-state index >= 15 is 0 Å². The molecule has 104 valence electrons. The second-order valence-corrected chi connectivity index (χ2v) is 5.12. The normalized spacial score (nSPS) is 18.6. The number of likely N-dealkylation sites (N-methyl/N-ethyl adjacent to an activating group) is 1. The molecule has 1 unspecified atom stereocenters. The molecule has 1 aliphatic heterocycles. The van der Waals surface area contributed by atoms with Crippen LogP contribution in [0.3, 0.4) is 0 Å². The van der Waals surface area contributed by atoms with Gasteiger partial charge >= 0.3 is 0 Å². The molecule has 0 bridgehead atoms. The number of amides is 1. The first-order valence-corrected chi connectivity index (χ1v) is 6.77. The molecule has 3 rings (SSSR count). The number of pyridine rings is 1. The van der Waals surface area contributed by atoms with Gasteiger partial charge in [-0.25, -0.2) is 0 Å². The Hall–Kier alpha value is -2.14. The maximum absolute atomic E-state index is 12.6. The van der Waals surface area contributed by atoms with Crippen LogP contribution in [0.2, 0.25) is 0 Å². The summed E-state index contributed by atoms with van der Waals surface area (Å²) in [5.74, 6) is -0.0648. The third kappa shape index (κ3) is 2.20. The first-order valence-electron chi connectivity index (χ1n) is 6.77. The lowest BCUT2D eigenvalue weighted by Crippen LogP contribution is -2.34. The van der Waals surface area contributed by atoms with Crippen LogP contribution in [-0.2, 0) is 0 Å². The zero-order chi connectivity index (χ0) is 14.1. The molecule has 2 N–H and O–H groups in total. The molecule has 20 heavy (non-hydrogen) atoms. The van der Waals surface area contributed by atoms with Gasteiger partial charge in [0.2, 0.25) is 5.56 Å². The second kappa shape index (κ2) is 5.09. The number of para-hydroxylation sites is 1. The average Bonchev–Trinajstić information content (AvgIpc) is 2.94. The highest BCUT2D eigenvalue weighted by Gasteiger charge is 2.27. The second-order valence-electron chi connectivity index (χ2n) is 5.12. The first kappa shape index (κ1) is 12.9. The molecule has 1 atom stereocenters. The zero-order valence-electron chi connectivity index (χ0n) is 11.3. The SMILES string of the molecule is CNC1CCN(C(=O)c2cc(=O)[nH]c3ccccc23)C1. The number of benzene rings is 1. The number of hydrogen-bond acceptors (Lipinski definition) is 3. The summed E-state index contributed by atoms with van der Waals surface area (Å²) in [5, 5.41) is 3.98. The summed E-state index contributed by atoms with van der Waals surface area (Å²) in [7, 11) is 1.90. The van der Waals surface area contributed by atoms with Crippen LogP contribution in [0.25, 0.3) is 10.9 Å². The van der Waals surface area contributed by atoms with Gasteiger partial charge in [0.1, 0.15) is 0 Å². The van der Waals surface area contributed by atoms with Gasteiger partial charge in [0.15, 0.2) is 0 Å². The highest BCUT2D eigenvalue weighted by molar-refractivity contribution is 6.06. The predicted molar refractivity (Wildman–Crippen MR) is 77.9 cm³/mol. The fourth-order valence-electron chi connectivity index (χ4n) is 2.73. The number of H-pyrrole nitrogens is 1. The fraction of sp³-hybridized carbons (Fsp3) is 0.333. The van der Waals surface area contributed by atoms with Crippen molar-refractivity contribution in [2.75, 3.05) is 20.1 Å². The molecule has 0 spiro atoms. The molecule has 1 amide bonds. The number of carbonyl (C=O) groups excluding carboxylic acids is 1. The van der Waals surface area contributed by atoms with Gasteiger partial charge in [-0.1, -0.05) is 18.2 Å². The van der Waals surface area contributed by atoms with E-state index in [1.807, 2.05) is 36.2 Å². The molecule has 0 radical (unpaired) electrons. The standard InChI is InChI=1S/C15H17N3O2/c1-16-10-6-7-18(9-10)15(20)12-8-14(19)17-13-5-3-2-4-11(12)13/h2-5,8,10,16H,6-7,9H2,1H3,(H,17,19). The molecule has 1 saturated heterocycles. The third-order valence-corrected chi connectivity index (χ3v) is 3.86. The summed E-state index contributed by atoms with van der Waals surface area (Å²) in [6.07, 6.45) is 0.948. The van der Waals surface area contributed by atoms with Crippen LogP contribution in [0.1, 0.15) is 16.8 Å². The van der Waals surface area contributed by atoms with E-state index < -0.39 is 0 Å². The molecular formula is C15H17N3O2. The molecule has 2 heterocycles. The van der Waals surface area contributed by atoms with E-state index in [9.17, 15) is 9.59 Å². The van der Waals surface area contributed by atoms with Crippen LogP contribution >= 0.6 is 0 Å². The highest BCUT2D eigenvalue weighted by Crippen LogP contribution is 2.19.